The lowest BCUT2D eigenvalue weighted by molar-refractivity contribution is -0.142. The van der Waals surface area contributed by atoms with Crippen molar-refractivity contribution < 1.29 is 24.3 Å². The van der Waals surface area contributed by atoms with Crippen molar-refractivity contribution in [1.29, 1.82) is 0 Å². The van der Waals surface area contributed by atoms with Crippen molar-refractivity contribution in [2.24, 2.45) is 5.73 Å². The number of rotatable bonds is 17. The minimum absolute atomic E-state index is 0.0952. The summed E-state index contributed by atoms with van der Waals surface area (Å²) in [6, 6.07) is 5.05. The molecule has 0 aliphatic rings. The van der Waals surface area contributed by atoms with E-state index in [4.69, 9.17) is 5.73 Å². The maximum Gasteiger partial charge on any atom is 0.326 e. The van der Waals surface area contributed by atoms with Crippen LogP contribution in [0.15, 0.2) is 42.9 Å². The third kappa shape index (κ3) is 10.8. The molecular weight excluding hydrogens is 528 g/mol. The summed E-state index contributed by atoms with van der Waals surface area (Å²) in [4.78, 5) is 58.0. The molecule has 1 aromatic heterocycles. The number of H-pyrrole nitrogens is 1. The average molecular weight is 565 g/mol. The van der Waals surface area contributed by atoms with Crippen LogP contribution in [0.3, 0.4) is 0 Å². The molecule has 2 rings (SSSR count). The number of carboxylic acids is 1. The van der Waals surface area contributed by atoms with Crippen molar-refractivity contribution in [2.75, 3.05) is 24.0 Å². The molecule has 38 heavy (non-hydrogen) atoms. The van der Waals surface area contributed by atoms with Crippen molar-refractivity contribution in [3.05, 3.63) is 54.1 Å². The van der Waals surface area contributed by atoms with Gasteiger partial charge in [-0.2, -0.15) is 23.5 Å². The molecule has 1 heterocycles. The number of nitrogens with one attached hydrogen (secondary N) is 4. The number of aromatic nitrogens is 2. The smallest absolute Gasteiger partial charge is 0.326 e. The molecular formula is C25H36N6O5S2. The Kier molecular flexibility index (Phi) is 13.7. The average Bonchev–Trinajstić information content (AvgIpc) is 3.42. The molecule has 0 fully saturated rings. The van der Waals surface area contributed by atoms with Gasteiger partial charge in [-0.1, -0.05) is 30.3 Å². The van der Waals surface area contributed by atoms with Crippen molar-refractivity contribution in [3.8, 4) is 0 Å². The zero-order valence-corrected chi connectivity index (χ0v) is 23.1. The zero-order valence-electron chi connectivity index (χ0n) is 21.5. The second-order valence-corrected chi connectivity index (χ2v) is 10.6. The van der Waals surface area contributed by atoms with Crippen LogP contribution in [0.1, 0.15) is 24.1 Å². The highest BCUT2D eigenvalue weighted by molar-refractivity contribution is 7.98. The lowest BCUT2D eigenvalue weighted by Gasteiger charge is -2.25. The number of nitrogens with two attached hydrogens (primary N) is 1. The molecule has 208 valence electrons. The van der Waals surface area contributed by atoms with Gasteiger partial charge in [-0.05, 0) is 42.4 Å². The monoisotopic (exact) mass is 564 g/mol. The van der Waals surface area contributed by atoms with E-state index in [0.717, 1.165) is 5.56 Å². The Morgan fingerprint density at radius 2 is 1.47 bits per heavy atom. The largest absolute Gasteiger partial charge is 0.480 e. The van der Waals surface area contributed by atoms with Gasteiger partial charge in [-0.15, -0.1) is 0 Å². The second-order valence-electron chi connectivity index (χ2n) is 8.66. The Balaban J connectivity index is 2.24. The molecule has 0 saturated carbocycles. The molecule has 11 nitrogen and oxygen atoms in total. The molecule has 1 aromatic carbocycles. The SMILES string of the molecule is CSCCC(N)C(=O)NC(Cc1cnc[nH]1)C(=O)NC(Cc1ccccc1)C(=O)NC(CCSC)C(=O)O. The number of hydrogen-bond donors (Lipinski definition) is 6. The number of aliphatic carboxylic acids is 1. The van der Waals surface area contributed by atoms with Gasteiger partial charge in [0.2, 0.25) is 17.7 Å². The third-order valence-electron chi connectivity index (χ3n) is 5.72. The summed E-state index contributed by atoms with van der Waals surface area (Å²) in [7, 11) is 0. The summed E-state index contributed by atoms with van der Waals surface area (Å²) in [5.41, 5.74) is 7.38. The highest BCUT2D eigenvalue weighted by Gasteiger charge is 2.30. The maximum absolute atomic E-state index is 13.4. The van der Waals surface area contributed by atoms with Crippen LogP contribution in [0.4, 0.5) is 0 Å². The standard InChI is InChI=1S/C25H36N6O5S2/c1-37-10-8-18(26)22(32)30-21(13-17-14-27-15-28-17)24(34)31-20(12-16-6-4-3-5-7-16)23(33)29-19(25(35)36)9-11-38-2/h3-7,14-15,18-21H,8-13,26H2,1-2H3,(H,27,28)(H,29,33)(H,30,32)(H,31,34)(H,35,36). The van der Waals surface area contributed by atoms with Crippen LogP contribution in [-0.4, -0.2) is 86.9 Å². The maximum atomic E-state index is 13.4. The van der Waals surface area contributed by atoms with E-state index in [0.29, 0.717) is 23.6 Å². The van der Waals surface area contributed by atoms with Crippen LogP contribution >= 0.6 is 23.5 Å². The fourth-order valence-corrected chi connectivity index (χ4v) is 4.54. The van der Waals surface area contributed by atoms with Gasteiger partial charge < -0.3 is 31.8 Å². The molecule has 0 aliphatic carbocycles. The van der Waals surface area contributed by atoms with Gasteiger partial charge in [0.1, 0.15) is 18.1 Å². The van der Waals surface area contributed by atoms with Crippen molar-refractivity contribution in [1.82, 2.24) is 25.9 Å². The molecule has 0 spiro atoms. The molecule has 4 unspecified atom stereocenters. The Morgan fingerprint density at radius 3 is 2.05 bits per heavy atom. The van der Waals surface area contributed by atoms with Gasteiger partial charge in [0.15, 0.2) is 0 Å². The van der Waals surface area contributed by atoms with Crippen LogP contribution in [0.2, 0.25) is 0 Å². The molecule has 7 N–H and O–H groups in total. The number of aromatic amines is 1. The first kappa shape index (κ1) is 31.2. The predicted molar refractivity (Wildman–Crippen MR) is 150 cm³/mol. The third-order valence-corrected chi connectivity index (χ3v) is 7.01. The van der Waals surface area contributed by atoms with E-state index in [2.05, 4.69) is 25.9 Å². The normalized spacial score (nSPS) is 14.1. The highest BCUT2D eigenvalue weighted by atomic mass is 32.2. The molecule has 0 saturated heterocycles. The molecule has 0 radical (unpaired) electrons. The van der Waals surface area contributed by atoms with Crippen molar-refractivity contribution >= 4 is 47.2 Å². The van der Waals surface area contributed by atoms with Gasteiger partial charge >= 0.3 is 5.97 Å². The number of carbonyl (C=O) groups is 4. The highest BCUT2D eigenvalue weighted by Crippen LogP contribution is 2.08. The van der Waals surface area contributed by atoms with Crippen molar-refractivity contribution in [2.45, 2.75) is 49.9 Å². The van der Waals surface area contributed by atoms with Gasteiger partial charge in [-0.3, -0.25) is 14.4 Å². The van der Waals surface area contributed by atoms with Crippen LogP contribution < -0.4 is 21.7 Å². The second kappa shape index (κ2) is 16.7. The summed E-state index contributed by atoms with van der Waals surface area (Å²) in [5, 5.41) is 17.5. The van der Waals surface area contributed by atoms with Gasteiger partial charge in [0.05, 0.1) is 12.4 Å². The number of hydrogen-bond acceptors (Lipinski definition) is 8. The first-order valence-electron chi connectivity index (χ1n) is 12.1. The molecule has 2 aromatic rings. The molecule has 13 heteroatoms. The molecule has 0 aliphatic heterocycles. The number of thioether (sulfide) groups is 2. The fourth-order valence-electron chi connectivity index (χ4n) is 3.58. The summed E-state index contributed by atoms with van der Waals surface area (Å²) >= 11 is 3.03. The number of carboxylic acid groups (broad SMARTS) is 1. The predicted octanol–water partition coefficient (Wildman–Crippen LogP) is 0.567. The van der Waals surface area contributed by atoms with E-state index in [-0.39, 0.29) is 19.3 Å². The Hall–Kier alpha value is -3.03. The van der Waals surface area contributed by atoms with Crippen molar-refractivity contribution in [3.63, 3.8) is 0 Å². The van der Waals surface area contributed by atoms with Crippen LogP contribution in [-0.2, 0) is 32.0 Å². The number of imidazole rings is 1. The minimum Gasteiger partial charge on any atom is -0.480 e. The van der Waals surface area contributed by atoms with Crippen LogP contribution in [0, 0.1) is 0 Å². The van der Waals surface area contributed by atoms with E-state index in [1.165, 1.54) is 24.3 Å². The quantitative estimate of drug-likeness (QED) is 0.160. The molecule has 0 bridgehead atoms. The van der Waals surface area contributed by atoms with E-state index in [9.17, 15) is 24.3 Å². The van der Waals surface area contributed by atoms with E-state index >= 15 is 0 Å². The molecule has 4 atom stereocenters. The first-order chi connectivity index (χ1) is 18.2. The summed E-state index contributed by atoms with van der Waals surface area (Å²) < 4.78 is 0. The lowest BCUT2D eigenvalue weighted by atomic mass is 10.0. The zero-order chi connectivity index (χ0) is 27.9. The summed E-state index contributed by atoms with van der Waals surface area (Å²) in [6.45, 7) is 0. The van der Waals surface area contributed by atoms with E-state index in [1.54, 1.807) is 11.8 Å². The number of amides is 3. The van der Waals surface area contributed by atoms with Gasteiger partial charge in [0.25, 0.3) is 0 Å². The first-order valence-corrected chi connectivity index (χ1v) is 14.9. The topological polar surface area (TPSA) is 179 Å². The number of benzene rings is 1. The van der Waals surface area contributed by atoms with Gasteiger partial charge in [-0.25, -0.2) is 9.78 Å². The molecule has 3 amide bonds. The number of nitrogens with zero attached hydrogens (tertiary/aromatic N) is 1. The Bertz CT molecular complexity index is 1020. The minimum atomic E-state index is -1.15. The van der Waals surface area contributed by atoms with E-state index in [1.807, 2.05) is 42.8 Å². The fraction of sp³-hybridized carbons (Fsp3) is 0.480. The van der Waals surface area contributed by atoms with Gasteiger partial charge in [0, 0.05) is 24.7 Å². The van der Waals surface area contributed by atoms with E-state index < -0.39 is 47.9 Å². The number of carbonyl (C=O) groups excluding carboxylic acids is 3. The Morgan fingerprint density at radius 1 is 0.895 bits per heavy atom. The Labute approximate surface area is 230 Å². The van der Waals surface area contributed by atoms with Crippen LogP contribution in [0.5, 0.6) is 0 Å². The summed E-state index contributed by atoms with van der Waals surface area (Å²) in [5.74, 6) is -1.63. The van der Waals surface area contributed by atoms with Crippen LogP contribution in [0.25, 0.3) is 0 Å². The summed E-state index contributed by atoms with van der Waals surface area (Å²) in [6.07, 6.45) is 7.66. The lowest BCUT2D eigenvalue weighted by Crippen LogP contribution is -2.58.